The minimum absolute atomic E-state index is 0.00699. The van der Waals surface area contributed by atoms with Crippen molar-refractivity contribution in [3.8, 4) is 0 Å². The summed E-state index contributed by atoms with van der Waals surface area (Å²) in [5, 5.41) is 17.9. The van der Waals surface area contributed by atoms with Gasteiger partial charge in [-0.25, -0.2) is 4.79 Å². The van der Waals surface area contributed by atoms with Crippen molar-refractivity contribution < 1.29 is 29.4 Å². The van der Waals surface area contributed by atoms with Crippen LogP contribution in [-0.2, 0) is 19.2 Å². The summed E-state index contributed by atoms with van der Waals surface area (Å²) in [6.07, 6.45) is 1.94. The van der Waals surface area contributed by atoms with Gasteiger partial charge in [-0.1, -0.05) is 0 Å². The summed E-state index contributed by atoms with van der Waals surface area (Å²) in [5.41, 5.74) is 5.76. The molecule has 3 atom stereocenters. The minimum Gasteiger partial charge on any atom is -0.481 e. The van der Waals surface area contributed by atoms with Gasteiger partial charge < -0.3 is 25.7 Å². The Bertz CT molecular complexity index is 537. The van der Waals surface area contributed by atoms with Crippen LogP contribution in [-0.4, -0.2) is 75.0 Å². The molecule has 2 amide bonds. The molecule has 0 bridgehead atoms. The maximum Gasteiger partial charge on any atom is 0.326 e. The third-order valence-corrected chi connectivity index (χ3v) is 4.63. The number of rotatable bonds is 6. The molecule has 2 rings (SSSR count). The van der Waals surface area contributed by atoms with Gasteiger partial charge in [-0.05, 0) is 32.1 Å². The van der Waals surface area contributed by atoms with Crippen LogP contribution in [0.2, 0.25) is 0 Å². The highest BCUT2D eigenvalue weighted by Crippen LogP contribution is 2.25. The molecule has 9 nitrogen and oxygen atoms in total. The van der Waals surface area contributed by atoms with Crippen molar-refractivity contribution in [1.29, 1.82) is 0 Å². The molecular weight excluding hydrogens is 318 g/mol. The number of hydrogen-bond donors (Lipinski definition) is 3. The molecule has 9 heteroatoms. The Labute approximate surface area is 139 Å². The molecule has 2 heterocycles. The first-order valence-corrected chi connectivity index (χ1v) is 8.14. The van der Waals surface area contributed by atoms with Gasteiger partial charge in [0, 0.05) is 19.5 Å². The average Bonchev–Trinajstić information content (AvgIpc) is 3.19. The van der Waals surface area contributed by atoms with Crippen molar-refractivity contribution in [3.63, 3.8) is 0 Å². The van der Waals surface area contributed by atoms with E-state index in [4.69, 9.17) is 10.8 Å². The van der Waals surface area contributed by atoms with Crippen LogP contribution in [0.4, 0.5) is 0 Å². The van der Waals surface area contributed by atoms with Crippen molar-refractivity contribution in [2.24, 2.45) is 5.73 Å². The number of nitrogens with two attached hydrogens (primary N) is 1. The van der Waals surface area contributed by atoms with Crippen LogP contribution < -0.4 is 5.73 Å². The molecular formula is C15H23N3O6. The first-order valence-electron chi connectivity index (χ1n) is 8.14. The molecule has 0 aliphatic carbocycles. The van der Waals surface area contributed by atoms with Crippen LogP contribution in [0, 0.1) is 0 Å². The monoisotopic (exact) mass is 341 g/mol. The Balaban J connectivity index is 2.04. The largest absolute Gasteiger partial charge is 0.481 e. The number of carbonyl (C=O) groups is 4. The third-order valence-electron chi connectivity index (χ3n) is 4.63. The molecule has 2 fully saturated rings. The summed E-state index contributed by atoms with van der Waals surface area (Å²) in [6.45, 7) is 0.751. The van der Waals surface area contributed by atoms with Crippen molar-refractivity contribution in [2.75, 3.05) is 13.1 Å². The molecule has 134 valence electrons. The van der Waals surface area contributed by atoms with Gasteiger partial charge in [0.05, 0.1) is 6.04 Å². The van der Waals surface area contributed by atoms with Gasteiger partial charge in [-0.2, -0.15) is 0 Å². The normalized spacial score (nSPS) is 24.9. The van der Waals surface area contributed by atoms with E-state index >= 15 is 0 Å². The van der Waals surface area contributed by atoms with E-state index in [-0.39, 0.29) is 18.7 Å². The fourth-order valence-corrected chi connectivity index (χ4v) is 3.38. The van der Waals surface area contributed by atoms with E-state index in [1.807, 2.05) is 0 Å². The second-order valence-corrected chi connectivity index (χ2v) is 6.26. The third kappa shape index (κ3) is 3.84. The summed E-state index contributed by atoms with van der Waals surface area (Å²) in [4.78, 5) is 49.7. The van der Waals surface area contributed by atoms with Crippen LogP contribution in [0.1, 0.15) is 38.5 Å². The topological polar surface area (TPSA) is 141 Å². The van der Waals surface area contributed by atoms with Gasteiger partial charge in [0.15, 0.2) is 0 Å². The van der Waals surface area contributed by atoms with Crippen LogP contribution >= 0.6 is 0 Å². The predicted octanol–water partition coefficient (Wildman–Crippen LogP) is -0.755. The fraction of sp³-hybridized carbons (Fsp3) is 0.733. The zero-order chi connectivity index (χ0) is 17.9. The summed E-state index contributed by atoms with van der Waals surface area (Å²) in [5.74, 6) is -2.86. The quantitative estimate of drug-likeness (QED) is 0.577. The van der Waals surface area contributed by atoms with Gasteiger partial charge in [-0.15, -0.1) is 0 Å². The maximum absolute atomic E-state index is 12.7. The molecule has 0 spiro atoms. The lowest BCUT2D eigenvalue weighted by atomic mass is 10.1. The van der Waals surface area contributed by atoms with Gasteiger partial charge >= 0.3 is 11.9 Å². The second-order valence-electron chi connectivity index (χ2n) is 6.26. The number of carboxylic acids is 2. The number of nitrogens with zero attached hydrogens (tertiary/aromatic N) is 2. The Kier molecular flexibility index (Phi) is 5.76. The summed E-state index contributed by atoms with van der Waals surface area (Å²) in [7, 11) is 0. The summed E-state index contributed by atoms with van der Waals surface area (Å²) >= 11 is 0. The van der Waals surface area contributed by atoms with Crippen LogP contribution in [0.5, 0.6) is 0 Å². The molecule has 2 aliphatic rings. The molecule has 0 aromatic carbocycles. The van der Waals surface area contributed by atoms with Crippen LogP contribution in [0.25, 0.3) is 0 Å². The summed E-state index contributed by atoms with van der Waals surface area (Å²) in [6, 6.07) is -2.51. The zero-order valence-corrected chi connectivity index (χ0v) is 13.4. The van der Waals surface area contributed by atoms with Crippen molar-refractivity contribution >= 4 is 23.8 Å². The standard InChI is InChI=1S/C15H23N3O6/c16-9(5-6-12(19)20)13(21)17-7-1-3-10(17)14(22)18-8-2-4-11(18)15(23)24/h9-11H,1-8,16H2,(H,19,20)(H,23,24)/t9-,10-,11-/m0/s1. The number of carbonyl (C=O) groups excluding carboxylic acids is 2. The average molecular weight is 341 g/mol. The molecule has 2 aliphatic heterocycles. The van der Waals surface area contributed by atoms with E-state index in [1.54, 1.807) is 0 Å². The lowest BCUT2D eigenvalue weighted by molar-refractivity contribution is -0.152. The van der Waals surface area contributed by atoms with Gasteiger partial charge in [0.25, 0.3) is 0 Å². The highest BCUT2D eigenvalue weighted by molar-refractivity contribution is 5.92. The van der Waals surface area contributed by atoms with Crippen molar-refractivity contribution in [3.05, 3.63) is 0 Å². The first-order chi connectivity index (χ1) is 11.3. The van der Waals surface area contributed by atoms with Crippen molar-refractivity contribution in [1.82, 2.24) is 9.80 Å². The van der Waals surface area contributed by atoms with Gasteiger partial charge in [0.1, 0.15) is 12.1 Å². The van der Waals surface area contributed by atoms with E-state index in [1.165, 1.54) is 9.80 Å². The SMILES string of the molecule is N[C@@H](CCC(=O)O)C(=O)N1CCC[C@H]1C(=O)N1CCC[C@H]1C(=O)O. The van der Waals surface area contributed by atoms with E-state index in [9.17, 15) is 24.3 Å². The summed E-state index contributed by atoms with van der Waals surface area (Å²) < 4.78 is 0. The number of carboxylic acid groups (broad SMARTS) is 2. The number of aliphatic carboxylic acids is 2. The Morgan fingerprint density at radius 3 is 2.17 bits per heavy atom. The fourth-order valence-electron chi connectivity index (χ4n) is 3.38. The number of hydrogen-bond acceptors (Lipinski definition) is 5. The van der Waals surface area contributed by atoms with E-state index in [2.05, 4.69) is 0 Å². The maximum atomic E-state index is 12.7. The Morgan fingerprint density at radius 1 is 1.00 bits per heavy atom. The van der Waals surface area contributed by atoms with Gasteiger partial charge in [-0.3, -0.25) is 14.4 Å². The highest BCUT2D eigenvalue weighted by atomic mass is 16.4. The lowest BCUT2D eigenvalue weighted by Gasteiger charge is -2.31. The van der Waals surface area contributed by atoms with Crippen LogP contribution in [0.3, 0.4) is 0 Å². The molecule has 0 aromatic rings. The van der Waals surface area contributed by atoms with E-state index in [0.717, 1.165) is 0 Å². The molecule has 0 aromatic heterocycles. The molecule has 0 unspecified atom stereocenters. The zero-order valence-electron chi connectivity index (χ0n) is 13.4. The second kappa shape index (κ2) is 7.61. The smallest absolute Gasteiger partial charge is 0.326 e. The molecule has 0 radical (unpaired) electrons. The molecule has 4 N–H and O–H groups in total. The molecule has 24 heavy (non-hydrogen) atoms. The lowest BCUT2D eigenvalue weighted by Crippen LogP contribution is -2.54. The van der Waals surface area contributed by atoms with E-state index < -0.39 is 36.0 Å². The predicted molar refractivity (Wildman–Crippen MR) is 82.0 cm³/mol. The van der Waals surface area contributed by atoms with Crippen LogP contribution in [0.15, 0.2) is 0 Å². The van der Waals surface area contributed by atoms with Crippen molar-refractivity contribution in [2.45, 2.75) is 56.7 Å². The molecule has 0 saturated carbocycles. The first kappa shape index (κ1) is 18.2. The van der Waals surface area contributed by atoms with E-state index in [0.29, 0.717) is 38.8 Å². The highest BCUT2D eigenvalue weighted by Gasteiger charge is 2.42. The number of likely N-dealkylation sites (tertiary alicyclic amines) is 2. The van der Waals surface area contributed by atoms with Gasteiger partial charge in [0.2, 0.25) is 11.8 Å². The molecule has 2 saturated heterocycles. The number of amides is 2. The Morgan fingerprint density at radius 2 is 1.58 bits per heavy atom. The minimum atomic E-state index is -1.03. The Hall–Kier alpha value is -2.16.